The Morgan fingerprint density at radius 2 is 1.50 bits per heavy atom. The molecule has 0 saturated carbocycles. The first-order valence-corrected chi connectivity index (χ1v) is 8.88. The van der Waals surface area contributed by atoms with E-state index in [2.05, 4.69) is 10.6 Å². The van der Waals surface area contributed by atoms with Gasteiger partial charge in [-0.15, -0.1) is 0 Å². The third-order valence-corrected chi connectivity index (χ3v) is 4.53. The minimum absolute atomic E-state index is 0.0608. The normalized spacial score (nSPS) is 10.1. The fourth-order valence-corrected chi connectivity index (χ4v) is 3.28. The fourth-order valence-electron chi connectivity index (χ4n) is 2.32. The van der Waals surface area contributed by atoms with Crippen molar-refractivity contribution in [3.05, 3.63) is 71.8 Å². The summed E-state index contributed by atoms with van der Waals surface area (Å²) in [5, 5.41) is 5.47. The molecule has 1 aromatic heterocycles. The van der Waals surface area contributed by atoms with Gasteiger partial charge < -0.3 is 21.5 Å². The Bertz CT molecular complexity index is 1020. The Morgan fingerprint density at radius 3 is 2.11 bits per heavy atom. The third-order valence-electron chi connectivity index (χ3n) is 3.57. The Morgan fingerprint density at radius 1 is 0.857 bits per heavy atom. The number of nitrogens with one attached hydrogen (secondary N) is 2. The zero-order valence-electron chi connectivity index (χ0n) is 14.5. The van der Waals surface area contributed by atoms with Crippen molar-refractivity contribution < 1.29 is 19.1 Å². The largest absolute Gasteiger partial charge is 0.457 e. The van der Waals surface area contributed by atoms with E-state index in [1.54, 1.807) is 24.3 Å². The summed E-state index contributed by atoms with van der Waals surface area (Å²) in [6.45, 7) is 0. The molecule has 0 aliphatic carbocycles. The van der Waals surface area contributed by atoms with E-state index in [0.29, 0.717) is 22.1 Å². The van der Waals surface area contributed by atoms with Crippen LogP contribution in [0.25, 0.3) is 0 Å². The molecule has 3 aromatic rings. The minimum Gasteiger partial charge on any atom is -0.457 e. The van der Waals surface area contributed by atoms with Gasteiger partial charge in [0.1, 0.15) is 16.5 Å². The molecule has 0 unspecified atom stereocenters. The number of amides is 4. The number of rotatable bonds is 6. The summed E-state index contributed by atoms with van der Waals surface area (Å²) >= 11 is 0.975. The van der Waals surface area contributed by atoms with Crippen molar-refractivity contribution in [1.29, 1.82) is 0 Å². The molecule has 8 nitrogen and oxygen atoms in total. The molecule has 0 fully saturated rings. The topological polar surface area (TPSA) is 137 Å². The molecule has 0 atom stereocenters. The number of nitrogens with two attached hydrogens (primary N) is 2. The Labute approximate surface area is 164 Å². The van der Waals surface area contributed by atoms with Crippen LogP contribution in [0.15, 0.2) is 60.7 Å². The summed E-state index contributed by atoms with van der Waals surface area (Å²) in [6, 6.07) is 16.4. The quantitative estimate of drug-likeness (QED) is 0.507. The Balaban J connectivity index is 1.71. The fraction of sp³-hybridized carbons (Fsp3) is 0. The number of urea groups is 1. The van der Waals surface area contributed by atoms with Gasteiger partial charge in [-0.3, -0.25) is 14.9 Å². The van der Waals surface area contributed by atoms with Gasteiger partial charge in [-0.05, 0) is 42.5 Å². The van der Waals surface area contributed by atoms with Crippen molar-refractivity contribution >= 4 is 39.2 Å². The number of anilines is 2. The maximum absolute atomic E-state index is 12.4. The molecular formula is C19H16N4O4S. The van der Waals surface area contributed by atoms with Crippen LogP contribution in [0.5, 0.6) is 11.5 Å². The van der Waals surface area contributed by atoms with Gasteiger partial charge in [0.25, 0.3) is 11.8 Å². The summed E-state index contributed by atoms with van der Waals surface area (Å²) < 4.78 is 5.68. The predicted octanol–water partition coefficient (Wildman–Crippen LogP) is 3.38. The van der Waals surface area contributed by atoms with E-state index in [1.165, 1.54) is 6.07 Å². The van der Waals surface area contributed by atoms with Crippen LogP contribution in [-0.4, -0.2) is 17.8 Å². The van der Waals surface area contributed by atoms with Gasteiger partial charge in [0.15, 0.2) is 0 Å². The second kappa shape index (κ2) is 8.23. The van der Waals surface area contributed by atoms with Gasteiger partial charge in [0, 0.05) is 5.56 Å². The van der Waals surface area contributed by atoms with Gasteiger partial charge >= 0.3 is 6.03 Å². The minimum atomic E-state index is -0.837. The highest BCUT2D eigenvalue weighted by Crippen LogP contribution is 2.32. The molecule has 0 radical (unpaired) electrons. The van der Waals surface area contributed by atoms with E-state index in [-0.39, 0.29) is 10.6 Å². The summed E-state index contributed by atoms with van der Waals surface area (Å²) in [5.74, 6) is 0.131. The van der Waals surface area contributed by atoms with Crippen LogP contribution >= 0.6 is 11.3 Å². The summed E-state index contributed by atoms with van der Waals surface area (Å²) in [6.07, 6.45) is 0. The van der Waals surface area contributed by atoms with Crippen molar-refractivity contribution in [2.75, 3.05) is 10.6 Å². The highest BCUT2D eigenvalue weighted by molar-refractivity contribution is 7.20. The lowest BCUT2D eigenvalue weighted by atomic mass is 10.2. The molecule has 1 heterocycles. The average Bonchev–Trinajstić information content (AvgIpc) is 3.05. The van der Waals surface area contributed by atoms with Gasteiger partial charge in [-0.2, -0.15) is 0 Å². The zero-order valence-corrected chi connectivity index (χ0v) is 15.3. The molecule has 0 spiro atoms. The number of hydrogen-bond donors (Lipinski definition) is 4. The molecule has 0 aliphatic rings. The molecule has 6 N–H and O–H groups in total. The van der Waals surface area contributed by atoms with E-state index >= 15 is 0 Å². The van der Waals surface area contributed by atoms with Crippen molar-refractivity contribution in [2.24, 2.45) is 11.5 Å². The highest BCUT2D eigenvalue weighted by Gasteiger charge is 2.17. The summed E-state index contributed by atoms with van der Waals surface area (Å²) in [4.78, 5) is 34.9. The average molecular weight is 396 g/mol. The smallest absolute Gasteiger partial charge is 0.317 e. The van der Waals surface area contributed by atoms with Crippen LogP contribution in [0.4, 0.5) is 14.8 Å². The Kier molecular flexibility index (Phi) is 5.56. The van der Waals surface area contributed by atoms with E-state index in [9.17, 15) is 14.4 Å². The SMILES string of the molecule is NC(=O)Nc1sc(NC(=O)c2ccc(Oc3ccccc3)cc2)cc1C(N)=O. The van der Waals surface area contributed by atoms with E-state index < -0.39 is 17.8 Å². The first-order chi connectivity index (χ1) is 13.4. The van der Waals surface area contributed by atoms with E-state index in [4.69, 9.17) is 16.2 Å². The summed E-state index contributed by atoms with van der Waals surface area (Å²) in [7, 11) is 0. The second-order valence-corrected chi connectivity index (χ2v) is 6.65. The van der Waals surface area contributed by atoms with Crippen molar-refractivity contribution in [1.82, 2.24) is 0 Å². The molecule has 142 valence electrons. The molecule has 9 heteroatoms. The first-order valence-electron chi connectivity index (χ1n) is 8.07. The standard InChI is InChI=1S/C19H16N4O4S/c20-16(24)14-10-15(28-18(14)23-19(21)26)22-17(25)11-6-8-13(9-7-11)27-12-4-2-1-3-5-12/h1-10H,(H2,20,24)(H,22,25)(H3,21,23,26). The van der Waals surface area contributed by atoms with Gasteiger partial charge in [-0.1, -0.05) is 29.5 Å². The number of benzene rings is 2. The number of carbonyl (C=O) groups excluding carboxylic acids is 3. The molecule has 0 bridgehead atoms. The maximum atomic E-state index is 12.4. The predicted molar refractivity (Wildman–Crippen MR) is 107 cm³/mol. The van der Waals surface area contributed by atoms with Crippen LogP contribution in [-0.2, 0) is 0 Å². The lowest BCUT2D eigenvalue weighted by molar-refractivity contribution is 0.0997. The Hall–Kier alpha value is -3.85. The van der Waals surface area contributed by atoms with Crippen molar-refractivity contribution in [3.63, 3.8) is 0 Å². The van der Waals surface area contributed by atoms with Crippen molar-refractivity contribution in [2.45, 2.75) is 0 Å². The second-order valence-electron chi connectivity index (χ2n) is 5.60. The molecule has 28 heavy (non-hydrogen) atoms. The van der Waals surface area contributed by atoms with Crippen LogP contribution < -0.4 is 26.8 Å². The van der Waals surface area contributed by atoms with Crippen LogP contribution in [0, 0.1) is 0 Å². The number of hydrogen-bond acceptors (Lipinski definition) is 5. The van der Waals surface area contributed by atoms with Gasteiger partial charge in [0.2, 0.25) is 0 Å². The lowest BCUT2D eigenvalue weighted by Crippen LogP contribution is -2.21. The number of carbonyl (C=O) groups is 3. The van der Waals surface area contributed by atoms with E-state index in [0.717, 1.165) is 11.3 Å². The van der Waals surface area contributed by atoms with Crippen LogP contribution in [0.1, 0.15) is 20.7 Å². The molecule has 3 rings (SSSR count). The summed E-state index contributed by atoms with van der Waals surface area (Å²) in [5.41, 5.74) is 10.8. The molecule has 0 aliphatic heterocycles. The maximum Gasteiger partial charge on any atom is 0.317 e. The molecule has 2 aromatic carbocycles. The molecule has 0 saturated heterocycles. The number of thiophene rings is 1. The zero-order chi connectivity index (χ0) is 20.1. The van der Waals surface area contributed by atoms with Crippen LogP contribution in [0.3, 0.4) is 0 Å². The molecule has 4 amide bonds. The first kappa shape index (κ1) is 18.9. The number of primary amides is 2. The third kappa shape index (κ3) is 4.65. The monoisotopic (exact) mass is 396 g/mol. The highest BCUT2D eigenvalue weighted by atomic mass is 32.1. The van der Waals surface area contributed by atoms with E-state index in [1.807, 2.05) is 30.3 Å². The van der Waals surface area contributed by atoms with Crippen LogP contribution in [0.2, 0.25) is 0 Å². The molecular weight excluding hydrogens is 380 g/mol. The van der Waals surface area contributed by atoms with Gasteiger partial charge in [-0.25, -0.2) is 4.79 Å². The number of para-hydroxylation sites is 1. The van der Waals surface area contributed by atoms with Crippen molar-refractivity contribution in [3.8, 4) is 11.5 Å². The number of ether oxygens (including phenoxy) is 1. The lowest BCUT2D eigenvalue weighted by Gasteiger charge is -2.07. The van der Waals surface area contributed by atoms with Gasteiger partial charge in [0.05, 0.1) is 10.6 Å².